The van der Waals surface area contributed by atoms with Crippen LogP contribution in [0.4, 0.5) is 0 Å². The van der Waals surface area contributed by atoms with Crippen LogP contribution in [0.1, 0.15) is 57.6 Å². The summed E-state index contributed by atoms with van der Waals surface area (Å²) in [6, 6.07) is 66.9. The van der Waals surface area contributed by atoms with E-state index < -0.39 is 11.6 Å². The van der Waals surface area contributed by atoms with Gasteiger partial charge in [0.15, 0.2) is 0 Å². The fourth-order valence-electron chi connectivity index (χ4n) is 9.71. The van der Waals surface area contributed by atoms with Crippen molar-refractivity contribution in [3.05, 3.63) is 238 Å². The van der Waals surface area contributed by atoms with E-state index in [0.29, 0.717) is 0 Å². The second-order valence-corrected chi connectivity index (χ2v) is 15.8. The number of benzene rings is 8. The van der Waals surface area contributed by atoms with Crippen molar-refractivity contribution < 1.29 is 4.74 Å². The zero-order valence-electron chi connectivity index (χ0n) is 32.9. The lowest BCUT2D eigenvalue weighted by Gasteiger charge is -2.39. The predicted octanol–water partition coefficient (Wildman–Crippen LogP) is 13.1. The second kappa shape index (κ2) is 13.7. The Morgan fingerprint density at radius 2 is 1.25 bits per heavy atom. The molecule has 4 nitrogen and oxygen atoms in total. The quantitative estimate of drug-likeness (QED) is 0.172. The Hall–Kier alpha value is -7.27. The van der Waals surface area contributed by atoms with Crippen molar-refractivity contribution in [3.8, 4) is 28.3 Å². The highest BCUT2D eigenvalue weighted by Gasteiger charge is 2.50. The summed E-state index contributed by atoms with van der Waals surface area (Å²) < 4.78 is 8.87. The molecule has 1 aliphatic heterocycles. The monoisotopic (exact) mass is 759 g/mol. The van der Waals surface area contributed by atoms with Crippen molar-refractivity contribution in [1.82, 2.24) is 4.57 Å². The first-order valence-corrected chi connectivity index (χ1v) is 20.3. The van der Waals surface area contributed by atoms with Gasteiger partial charge in [-0.3, -0.25) is 4.99 Å². The largest absolute Gasteiger partial charge is 0.457 e. The molecule has 1 aliphatic carbocycles. The van der Waals surface area contributed by atoms with E-state index in [1.54, 1.807) is 0 Å². The third kappa shape index (κ3) is 5.45. The van der Waals surface area contributed by atoms with Crippen LogP contribution in [0.15, 0.2) is 199 Å². The Morgan fingerprint density at radius 3 is 2.05 bits per heavy atom. The van der Waals surface area contributed by atoms with Crippen LogP contribution in [0.2, 0.25) is 0 Å². The van der Waals surface area contributed by atoms with Crippen molar-refractivity contribution in [1.29, 1.82) is 0 Å². The number of fused-ring (bicyclic) bond motifs is 12. The maximum Gasteiger partial charge on any atom is 0.132 e. The third-order valence-electron chi connectivity index (χ3n) is 12.2. The summed E-state index contributed by atoms with van der Waals surface area (Å²) in [6.45, 7) is 4.29. The molecule has 8 aromatic carbocycles. The number of aliphatic imine (C=N–C) groups is 1. The molecule has 282 valence electrons. The molecule has 1 atom stereocenters. The minimum Gasteiger partial charge on any atom is -0.457 e. The van der Waals surface area contributed by atoms with Crippen LogP contribution >= 0.6 is 0 Å². The molecule has 59 heavy (non-hydrogen) atoms. The molecule has 2 heterocycles. The van der Waals surface area contributed by atoms with Gasteiger partial charge in [0.1, 0.15) is 17.7 Å². The number of nitrogens with zero attached hydrogens (tertiary/aromatic N) is 2. The molecule has 1 aromatic heterocycles. The summed E-state index contributed by atoms with van der Waals surface area (Å²) in [5.41, 5.74) is 23.5. The molecular formula is C55H41N3O. The molecule has 11 rings (SSSR count). The minimum atomic E-state index is -0.593. The molecule has 9 aromatic rings. The average Bonchev–Trinajstić information content (AvgIpc) is 3.76. The maximum atomic E-state index is 7.08. The number of hydrogen-bond donors (Lipinski definition) is 1. The van der Waals surface area contributed by atoms with Gasteiger partial charge < -0.3 is 15.0 Å². The predicted molar refractivity (Wildman–Crippen MR) is 243 cm³/mol. The number of nitrogens with two attached hydrogens (primary N) is 1. The summed E-state index contributed by atoms with van der Waals surface area (Å²) in [5, 5.41) is 2.48. The van der Waals surface area contributed by atoms with Crippen LogP contribution < -0.4 is 10.5 Å². The Kier molecular flexibility index (Phi) is 8.11. The van der Waals surface area contributed by atoms with Crippen LogP contribution in [-0.2, 0) is 5.41 Å². The second-order valence-electron chi connectivity index (χ2n) is 15.8. The number of para-hydroxylation sites is 3. The van der Waals surface area contributed by atoms with Crippen molar-refractivity contribution in [3.63, 3.8) is 0 Å². The highest BCUT2D eigenvalue weighted by molar-refractivity contribution is 6.15. The molecule has 2 N–H and O–H groups in total. The lowest BCUT2D eigenvalue weighted by atomic mass is 9.66. The summed E-state index contributed by atoms with van der Waals surface area (Å²) in [7, 11) is 0. The highest BCUT2D eigenvalue weighted by atomic mass is 16.5. The summed E-state index contributed by atoms with van der Waals surface area (Å²) in [6.07, 6.45) is 1.65. The summed E-state index contributed by atoms with van der Waals surface area (Å²) in [5.74, 6) is 1.79. The molecular weight excluding hydrogens is 719 g/mol. The zero-order chi connectivity index (χ0) is 39.7. The van der Waals surface area contributed by atoms with Gasteiger partial charge in [-0.15, -0.1) is 0 Å². The first-order chi connectivity index (χ1) is 29.0. The fourth-order valence-corrected chi connectivity index (χ4v) is 9.71. The van der Waals surface area contributed by atoms with Gasteiger partial charge in [-0.1, -0.05) is 145 Å². The van der Waals surface area contributed by atoms with Crippen LogP contribution in [0.3, 0.4) is 0 Å². The first-order valence-electron chi connectivity index (χ1n) is 20.3. The van der Waals surface area contributed by atoms with Gasteiger partial charge in [-0.25, -0.2) is 0 Å². The lowest BCUT2D eigenvalue weighted by Crippen LogP contribution is -2.32. The van der Waals surface area contributed by atoms with Crippen molar-refractivity contribution in [2.45, 2.75) is 25.4 Å². The van der Waals surface area contributed by atoms with Gasteiger partial charge >= 0.3 is 0 Å². The van der Waals surface area contributed by atoms with E-state index in [-0.39, 0.29) is 0 Å². The van der Waals surface area contributed by atoms with E-state index in [0.717, 1.165) is 56.3 Å². The molecule has 1 spiro atoms. The highest BCUT2D eigenvalue weighted by Crippen LogP contribution is 2.62. The molecule has 0 amide bonds. The van der Waals surface area contributed by atoms with E-state index in [1.807, 2.05) is 6.07 Å². The molecule has 0 bridgehead atoms. The molecule has 0 fully saturated rings. The Bertz CT molecular complexity index is 3140. The van der Waals surface area contributed by atoms with Crippen LogP contribution in [0.5, 0.6) is 11.5 Å². The topological polar surface area (TPSA) is 52.5 Å². The van der Waals surface area contributed by atoms with Gasteiger partial charge in [0.2, 0.25) is 0 Å². The molecule has 0 saturated carbocycles. The van der Waals surface area contributed by atoms with Gasteiger partial charge in [-0.2, -0.15) is 0 Å². The zero-order valence-corrected chi connectivity index (χ0v) is 32.9. The number of allylic oxidation sites excluding steroid dienone is 1. The van der Waals surface area contributed by atoms with Gasteiger partial charge in [0, 0.05) is 33.2 Å². The summed E-state index contributed by atoms with van der Waals surface area (Å²) >= 11 is 0. The minimum absolute atomic E-state index is 0.495. The Labute approximate surface area is 344 Å². The number of hydrogen-bond acceptors (Lipinski definition) is 3. The molecule has 0 saturated heterocycles. The van der Waals surface area contributed by atoms with E-state index in [1.165, 1.54) is 49.6 Å². The average molecular weight is 760 g/mol. The van der Waals surface area contributed by atoms with E-state index in [2.05, 4.69) is 206 Å². The molecule has 0 radical (unpaired) electrons. The Morgan fingerprint density at radius 1 is 0.593 bits per heavy atom. The van der Waals surface area contributed by atoms with E-state index >= 15 is 0 Å². The first kappa shape index (κ1) is 34.9. The molecule has 2 aliphatic rings. The van der Waals surface area contributed by atoms with Gasteiger partial charge in [-0.05, 0) is 107 Å². The summed E-state index contributed by atoms with van der Waals surface area (Å²) in [4.78, 5) is 5.30. The number of ether oxygens (including phenoxy) is 1. The Balaban J connectivity index is 1.01. The van der Waals surface area contributed by atoms with Crippen LogP contribution in [0.25, 0.3) is 44.7 Å². The van der Waals surface area contributed by atoms with Gasteiger partial charge in [0.05, 0.1) is 22.2 Å². The van der Waals surface area contributed by atoms with Crippen LogP contribution in [-0.4, -0.2) is 10.3 Å². The van der Waals surface area contributed by atoms with Crippen LogP contribution in [0, 0.1) is 6.92 Å². The van der Waals surface area contributed by atoms with E-state index in [4.69, 9.17) is 15.5 Å². The standard InChI is InChI=1S/C55H41N3O/c1-35-27-30-50-44(31-35)42-20-7-11-24-49(42)58(50)40-18-14-17-39(34-40)54(56)57-53(38-15-4-3-5-16-38)36(2)32-37-28-29-46-43(33-37)41-19-6-8-21-45(41)55(46)47-22-9-12-25-51(47)59-52-26-13-10-23-48(52)55/h3-34,54H,56H2,1-2H3/b36-32+,57-53?. The number of aromatic nitrogens is 1. The third-order valence-corrected chi connectivity index (χ3v) is 12.2. The molecule has 1 unspecified atom stereocenters. The number of aryl methyl sites for hydroxylation is 1. The van der Waals surface area contributed by atoms with Gasteiger partial charge in [0.25, 0.3) is 0 Å². The lowest BCUT2D eigenvalue weighted by molar-refractivity contribution is 0.436. The number of rotatable bonds is 6. The van der Waals surface area contributed by atoms with Crippen molar-refractivity contribution in [2.24, 2.45) is 10.7 Å². The SMILES string of the molecule is C/C(=C\c1ccc2c(c1)-c1ccccc1C21c2ccccc2Oc2ccccc21)C(=NC(N)c1cccc(-n2c3ccccc3c3cc(C)ccc32)c1)c1ccccc1. The maximum absolute atomic E-state index is 7.08. The van der Waals surface area contributed by atoms with Crippen molar-refractivity contribution >= 4 is 33.6 Å². The fraction of sp³-hybridized carbons (Fsp3) is 0.0727. The molecule has 4 heteroatoms. The smallest absolute Gasteiger partial charge is 0.132 e. The van der Waals surface area contributed by atoms with Crippen molar-refractivity contribution in [2.75, 3.05) is 0 Å². The normalized spacial score (nSPS) is 14.4. The van der Waals surface area contributed by atoms with E-state index in [9.17, 15) is 0 Å².